The van der Waals surface area contributed by atoms with E-state index in [2.05, 4.69) is 57.3 Å². The largest absolute Gasteiger partial charge is 0.455 e. The van der Waals surface area contributed by atoms with Gasteiger partial charge in [0.05, 0.1) is 17.2 Å². The third-order valence-corrected chi connectivity index (χ3v) is 10.1. The number of allylic oxidation sites excluding steroid dienone is 1. The fourth-order valence-corrected chi connectivity index (χ4v) is 7.96. The number of thioether (sulfide) groups is 1. The number of carbonyl (C=O) groups excluding carboxylic acids is 3. The van der Waals surface area contributed by atoms with Crippen LogP contribution in [0.15, 0.2) is 117 Å². The van der Waals surface area contributed by atoms with Crippen molar-refractivity contribution in [2.45, 2.75) is 44.0 Å². The Labute approximate surface area is 303 Å². The maximum Gasteiger partial charge on any atom is 0.356 e. The molecule has 2 unspecified atom stereocenters. The minimum Gasteiger partial charge on any atom is -0.455 e. The van der Waals surface area contributed by atoms with Crippen LogP contribution in [-0.2, 0) is 29.5 Å². The molecule has 2 aliphatic rings. The van der Waals surface area contributed by atoms with Crippen molar-refractivity contribution in [2.24, 2.45) is 10.3 Å². The minimum atomic E-state index is -0.963. The normalized spacial score (nSPS) is 17.8. The number of hydrogen-bond acceptors (Lipinski definition) is 12. The van der Waals surface area contributed by atoms with Crippen molar-refractivity contribution in [2.75, 3.05) is 18.2 Å². The second-order valence-electron chi connectivity index (χ2n) is 12.6. The topological polar surface area (TPSA) is 155 Å². The average Bonchev–Trinajstić information content (AvgIpc) is 3.60. The lowest BCUT2D eigenvalue weighted by Crippen LogP contribution is -2.73. The van der Waals surface area contributed by atoms with Gasteiger partial charge < -0.3 is 25.4 Å². The average molecular weight is 725 g/mol. The zero-order valence-corrected chi connectivity index (χ0v) is 29.9. The van der Waals surface area contributed by atoms with Crippen molar-refractivity contribution in [1.82, 2.24) is 15.2 Å². The molecule has 0 aliphatic carbocycles. The van der Waals surface area contributed by atoms with Gasteiger partial charge in [0.15, 0.2) is 10.8 Å². The number of anilines is 1. The van der Waals surface area contributed by atoms with Crippen LogP contribution in [0.4, 0.5) is 5.13 Å². The number of ether oxygens (including phenoxy) is 1. The van der Waals surface area contributed by atoms with Crippen LogP contribution in [-0.4, -0.2) is 75.3 Å². The smallest absolute Gasteiger partial charge is 0.356 e. The Morgan fingerprint density at radius 1 is 0.961 bits per heavy atom. The van der Waals surface area contributed by atoms with Gasteiger partial charge in [0.2, 0.25) is 0 Å². The van der Waals surface area contributed by atoms with Crippen LogP contribution in [0, 0.1) is 0 Å². The van der Waals surface area contributed by atoms with E-state index >= 15 is 0 Å². The molecule has 0 bridgehead atoms. The Morgan fingerprint density at radius 3 is 2.04 bits per heavy atom. The number of carbonyl (C=O) groups is 3. The molecule has 51 heavy (non-hydrogen) atoms. The van der Waals surface area contributed by atoms with Crippen molar-refractivity contribution in [1.29, 1.82) is 0 Å². The number of rotatable bonds is 11. The molecular formula is C37H36N6O6S2. The Morgan fingerprint density at radius 2 is 1.53 bits per heavy atom. The van der Waals surface area contributed by atoms with Gasteiger partial charge in [0.1, 0.15) is 35.7 Å². The Hall–Kier alpha value is -5.47. The van der Waals surface area contributed by atoms with E-state index in [0.717, 1.165) is 22.9 Å². The highest BCUT2D eigenvalue weighted by Crippen LogP contribution is 2.41. The summed E-state index contributed by atoms with van der Waals surface area (Å²) in [6, 6.07) is 28.6. The van der Waals surface area contributed by atoms with Crippen molar-refractivity contribution in [3.05, 3.63) is 129 Å². The first-order chi connectivity index (χ1) is 24.6. The van der Waals surface area contributed by atoms with Crippen LogP contribution in [0.2, 0.25) is 0 Å². The first-order valence-corrected chi connectivity index (χ1v) is 17.9. The minimum absolute atomic E-state index is 0.0424. The SMILES string of the molecule is CO/N=C(\C(=O)NC1C(=O)N2C(C(=O)OC(C)(C)C)=C(/C=N/O)SCC12)c1csc(NC(c2ccccc2)(c2ccccc2)c2ccccc2)n1. The summed E-state index contributed by atoms with van der Waals surface area (Å²) in [5.74, 6) is -1.61. The van der Waals surface area contributed by atoms with Gasteiger partial charge in [-0.25, -0.2) is 9.78 Å². The fraction of sp³-hybridized carbons (Fsp3) is 0.243. The molecule has 1 saturated heterocycles. The van der Waals surface area contributed by atoms with E-state index in [0.29, 0.717) is 10.9 Å². The molecular weight excluding hydrogens is 689 g/mol. The lowest BCUT2D eigenvalue weighted by atomic mass is 9.77. The number of hydrogen-bond donors (Lipinski definition) is 3. The molecule has 2 atom stereocenters. The lowest BCUT2D eigenvalue weighted by Gasteiger charge is -2.49. The maximum absolute atomic E-state index is 13.8. The number of nitrogens with one attached hydrogen (secondary N) is 2. The predicted molar refractivity (Wildman–Crippen MR) is 197 cm³/mol. The number of esters is 1. The molecule has 1 aromatic heterocycles. The number of fused-ring (bicyclic) bond motifs is 1. The quantitative estimate of drug-likeness (QED) is 0.0464. The third-order valence-electron chi connectivity index (χ3n) is 8.22. The van der Waals surface area contributed by atoms with Gasteiger partial charge >= 0.3 is 5.97 Å². The van der Waals surface area contributed by atoms with Gasteiger partial charge in [-0.2, -0.15) is 0 Å². The van der Waals surface area contributed by atoms with Crippen LogP contribution in [0.3, 0.4) is 0 Å². The highest BCUT2D eigenvalue weighted by molar-refractivity contribution is 8.04. The first-order valence-electron chi connectivity index (χ1n) is 16.0. The molecule has 0 saturated carbocycles. The van der Waals surface area contributed by atoms with Crippen LogP contribution < -0.4 is 10.6 Å². The maximum atomic E-state index is 13.8. The molecule has 12 nitrogen and oxygen atoms in total. The molecule has 0 radical (unpaired) electrons. The number of amides is 2. The van der Waals surface area contributed by atoms with E-state index in [1.165, 1.54) is 35.1 Å². The van der Waals surface area contributed by atoms with Crippen molar-refractivity contribution in [3.63, 3.8) is 0 Å². The van der Waals surface area contributed by atoms with E-state index in [4.69, 9.17) is 14.6 Å². The van der Waals surface area contributed by atoms with Crippen molar-refractivity contribution in [3.8, 4) is 0 Å². The van der Waals surface area contributed by atoms with E-state index in [-0.39, 0.29) is 22.0 Å². The molecule has 262 valence electrons. The Bertz CT molecular complexity index is 1900. The van der Waals surface area contributed by atoms with Crippen molar-refractivity contribution >= 4 is 57.9 Å². The number of nitrogens with zero attached hydrogens (tertiary/aromatic N) is 4. The summed E-state index contributed by atoms with van der Waals surface area (Å²) in [5, 5.41) is 24.9. The number of benzene rings is 3. The van der Waals surface area contributed by atoms with Crippen LogP contribution in [0.1, 0.15) is 43.2 Å². The standard InChI is InChI=1S/C37H36N6O6S2/c1-36(2,3)49-34(46)31-28(20-38-47)50-22-27-30(33(45)43(27)31)40-32(44)29(42-48-4)26-21-51-35(39-26)41-37(23-14-8-5-9-15-23,24-16-10-6-11-17-24)25-18-12-7-13-19-25/h5-21,27,30,47H,22H2,1-4H3,(H,39,41)(H,40,44)/b38-20+,42-29-. The van der Waals surface area contributed by atoms with Crippen LogP contribution >= 0.6 is 23.1 Å². The predicted octanol–water partition coefficient (Wildman–Crippen LogP) is 5.35. The molecule has 1 fully saturated rings. The van der Waals surface area contributed by atoms with E-state index in [1.807, 2.05) is 54.6 Å². The summed E-state index contributed by atoms with van der Waals surface area (Å²) in [6.07, 6.45) is 1.10. The number of oxime groups is 2. The zero-order valence-electron chi connectivity index (χ0n) is 28.3. The zero-order chi connectivity index (χ0) is 36.2. The highest BCUT2D eigenvalue weighted by atomic mass is 32.2. The summed E-state index contributed by atoms with van der Waals surface area (Å²) in [4.78, 5) is 51.8. The molecule has 14 heteroatoms. The molecule has 0 spiro atoms. The van der Waals surface area contributed by atoms with Gasteiger partial charge in [-0.3, -0.25) is 14.5 Å². The summed E-state index contributed by atoms with van der Waals surface area (Å²) < 4.78 is 5.54. The summed E-state index contributed by atoms with van der Waals surface area (Å²) in [6.45, 7) is 5.13. The van der Waals surface area contributed by atoms with Crippen molar-refractivity contribution < 1.29 is 29.2 Å². The Kier molecular flexibility index (Phi) is 10.3. The van der Waals surface area contributed by atoms with Gasteiger partial charge in [-0.15, -0.1) is 23.1 Å². The number of aromatic nitrogens is 1. The molecule has 3 aromatic carbocycles. The fourth-order valence-electron chi connectivity index (χ4n) is 6.07. The first kappa shape index (κ1) is 35.4. The molecule has 4 aromatic rings. The van der Waals surface area contributed by atoms with Gasteiger partial charge in [0.25, 0.3) is 11.8 Å². The van der Waals surface area contributed by atoms with E-state index in [1.54, 1.807) is 26.2 Å². The summed E-state index contributed by atoms with van der Waals surface area (Å²) in [5.41, 5.74) is 1.33. The molecule has 2 aliphatic heterocycles. The second-order valence-corrected chi connectivity index (χ2v) is 14.6. The van der Waals surface area contributed by atoms with E-state index < -0.39 is 41.0 Å². The molecule has 2 amide bonds. The van der Waals surface area contributed by atoms with Gasteiger partial charge in [-0.1, -0.05) is 101 Å². The monoisotopic (exact) mass is 724 g/mol. The lowest BCUT2D eigenvalue weighted by molar-refractivity contribution is -0.160. The van der Waals surface area contributed by atoms with E-state index in [9.17, 15) is 19.6 Å². The van der Waals surface area contributed by atoms with Gasteiger partial charge in [0, 0.05) is 11.1 Å². The highest BCUT2D eigenvalue weighted by Gasteiger charge is 2.54. The summed E-state index contributed by atoms with van der Waals surface area (Å²) in [7, 11) is 1.32. The molecule has 6 rings (SSSR count). The van der Waals surface area contributed by atoms with Crippen LogP contribution in [0.5, 0.6) is 0 Å². The second kappa shape index (κ2) is 14.8. The number of thiazole rings is 1. The molecule has 3 N–H and O–H groups in total. The van der Waals surface area contributed by atoms with Crippen LogP contribution in [0.25, 0.3) is 0 Å². The molecule has 3 heterocycles. The van der Waals surface area contributed by atoms with Gasteiger partial charge in [-0.05, 0) is 37.5 Å². The Balaban J connectivity index is 1.28. The summed E-state index contributed by atoms with van der Waals surface area (Å²) >= 11 is 2.51. The number of β-lactam (4-membered cyclic amide) rings is 1. The third kappa shape index (κ3) is 7.10.